The van der Waals surface area contributed by atoms with E-state index in [1.807, 2.05) is 0 Å². The first-order valence-corrected chi connectivity index (χ1v) is 10.2. The molecular formula is C26H23BF4O. The van der Waals surface area contributed by atoms with Crippen molar-refractivity contribution < 1.29 is 21.7 Å². The van der Waals surface area contributed by atoms with Gasteiger partial charge in [0.25, 0.3) is 0 Å². The van der Waals surface area contributed by atoms with E-state index in [-0.39, 0.29) is 0 Å². The third-order valence-corrected chi connectivity index (χ3v) is 5.07. The van der Waals surface area contributed by atoms with E-state index >= 15 is 0 Å². The quantitative estimate of drug-likeness (QED) is 0.177. The van der Waals surface area contributed by atoms with Crippen molar-refractivity contribution in [1.29, 1.82) is 0 Å². The van der Waals surface area contributed by atoms with Crippen LogP contribution < -0.4 is 0 Å². The second-order valence-corrected chi connectivity index (χ2v) is 7.51. The smallest absolute Gasteiger partial charge is 0.418 e. The molecule has 0 N–H and O–H groups in total. The molecule has 3 aromatic carbocycles. The van der Waals surface area contributed by atoms with E-state index in [0.29, 0.717) is 0 Å². The number of halogens is 4. The second-order valence-electron chi connectivity index (χ2n) is 7.51. The molecule has 0 atom stereocenters. The summed E-state index contributed by atoms with van der Waals surface area (Å²) in [4.78, 5) is 0. The summed E-state index contributed by atoms with van der Waals surface area (Å²) in [5.74, 6) is 1.79. The van der Waals surface area contributed by atoms with Crippen LogP contribution in [-0.4, -0.2) is 7.25 Å². The molecule has 1 aromatic heterocycles. The van der Waals surface area contributed by atoms with E-state index in [9.17, 15) is 17.3 Å². The van der Waals surface area contributed by atoms with Gasteiger partial charge in [-0.25, -0.2) is 4.42 Å². The predicted molar refractivity (Wildman–Crippen MR) is 124 cm³/mol. The third kappa shape index (κ3) is 6.07. The van der Waals surface area contributed by atoms with Gasteiger partial charge in [0, 0.05) is 5.56 Å². The van der Waals surface area contributed by atoms with E-state index in [1.165, 1.54) is 27.8 Å². The lowest BCUT2D eigenvalue weighted by atomic mass is 9.96. The lowest BCUT2D eigenvalue weighted by Crippen LogP contribution is -2.02. The van der Waals surface area contributed by atoms with Gasteiger partial charge in [-0.15, -0.1) is 0 Å². The molecule has 0 spiro atoms. The van der Waals surface area contributed by atoms with Gasteiger partial charge in [0.15, 0.2) is 0 Å². The van der Waals surface area contributed by atoms with Crippen LogP contribution in [0.3, 0.4) is 0 Å². The molecule has 4 rings (SSSR count). The van der Waals surface area contributed by atoms with Gasteiger partial charge >= 0.3 is 18.8 Å². The Labute approximate surface area is 185 Å². The fourth-order valence-corrected chi connectivity index (χ4v) is 3.52. The number of aryl methyl sites for hydroxylation is 3. The average molecular weight is 438 g/mol. The van der Waals surface area contributed by atoms with Gasteiger partial charge in [0.2, 0.25) is 0 Å². The van der Waals surface area contributed by atoms with Gasteiger partial charge in [-0.2, -0.15) is 0 Å². The second kappa shape index (κ2) is 9.81. The summed E-state index contributed by atoms with van der Waals surface area (Å²) in [5, 5.41) is 0. The number of rotatable bonds is 3. The molecule has 0 aliphatic rings. The lowest BCUT2D eigenvalue weighted by Gasteiger charge is -2.07. The van der Waals surface area contributed by atoms with E-state index in [4.69, 9.17) is 4.42 Å². The molecule has 0 saturated carbocycles. The molecule has 32 heavy (non-hydrogen) atoms. The summed E-state index contributed by atoms with van der Waals surface area (Å²) in [6.07, 6.45) is 0. The van der Waals surface area contributed by atoms with E-state index in [0.717, 1.165) is 22.6 Å². The summed E-state index contributed by atoms with van der Waals surface area (Å²) in [6, 6.07) is 29.6. The molecule has 0 amide bonds. The van der Waals surface area contributed by atoms with Gasteiger partial charge in [0.05, 0.1) is 23.3 Å². The standard InChI is InChI=1S/C26H23O.BF4/c1-18-10-4-7-13-22(18)21-16-25(23-14-8-5-11-19(23)2)27-26(17-21)24-15-9-6-12-20(24)3;2-1(3,4)5/h4-17H,1-3H3;/q+1;-1. The van der Waals surface area contributed by atoms with Crippen LogP contribution >= 0.6 is 0 Å². The van der Waals surface area contributed by atoms with E-state index in [1.54, 1.807) is 0 Å². The van der Waals surface area contributed by atoms with Crippen molar-refractivity contribution in [2.24, 2.45) is 0 Å². The minimum atomic E-state index is -6.00. The highest BCUT2D eigenvalue weighted by Gasteiger charge is 2.23. The first-order chi connectivity index (χ1) is 15.1. The van der Waals surface area contributed by atoms with Crippen LogP contribution in [0.4, 0.5) is 17.3 Å². The Morgan fingerprint density at radius 3 is 1.19 bits per heavy atom. The lowest BCUT2D eigenvalue weighted by molar-refractivity contribution is 0.368. The normalized spacial score (nSPS) is 11.0. The molecule has 0 aliphatic carbocycles. The van der Waals surface area contributed by atoms with Gasteiger partial charge < -0.3 is 17.3 Å². The van der Waals surface area contributed by atoms with Crippen molar-refractivity contribution in [2.75, 3.05) is 0 Å². The Balaban J connectivity index is 0.000000523. The highest BCUT2D eigenvalue weighted by molar-refractivity contribution is 6.50. The summed E-state index contributed by atoms with van der Waals surface area (Å²) in [5.41, 5.74) is 8.34. The largest absolute Gasteiger partial charge is 0.673 e. The summed E-state index contributed by atoms with van der Waals surface area (Å²) >= 11 is 0. The maximum atomic E-state index is 9.75. The minimum Gasteiger partial charge on any atom is -0.418 e. The van der Waals surface area contributed by atoms with Crippen LogP contribution in [0.25, 0.3) is 33.8 Å². The Morgan fingerprint density at radius 2 is 0.844 bits per heavy atom. The van der Waals surface area contributed by atoms with Crippen LogP contribution in [0.1, 0.15) is 16.7 Å². The minimum absolute atomic E-state index is 0.895. The van der Waals surface area contributed by atoms with Gasteiger partial charge in [-0.1, -0.05) is 60.7 Å². The fraction of sp³-hybridized carbons (Fsp3) is 0.115. The van der Waals surface area contributed by atoms with Crippen molar-refractivity contribution in [3.63, 3.8) is 0 Å². The monoisotopic (exact) mass is 438 g/mol. The zero-order chi connectivity index (χ0) is 23.3. The molecule has 6 heteroatoms. The molecule has 0 radical (unpaired) electrons. The van der Waals surface area contributed by atoms with Crippen molar-refractivity contribution in [2.45, 2.75) is 20.8 Å². The SMILES string of the molecule is Cc1ccccc1-c1cc(-c2ccccc2C)[o+]c(-c2ccccc2C)c1.F[B-](F)(F)F. The molecule has 1 nitrogen and oxygen atoms in total. The highest BCUT2D eigenvalue weighted by atomic mass is 19.5. The number of benzene rings is 3. The van der Waals surface area contributed by atoms with Crippen molar-refractivity contribution in [1.82, 2.24) is 0 Å². The molecule has 4 aromatic rings. The fourth-order valence-electron chi connectivity index (χ4n) is 3.52. The van der Waals surface area contributed by atoms with Crippen LogP contribution in [0.5, 0.6) is 0 Å². The maximum Gasteiger partial charge on any atom is 0.673 e. The first kappa shape index (κ1) is 23.3. The molecule has 0 aliphatic heterocycles. The Morgan fingerprint density at radius 1 is 0.531 bits per heavy atom. The van der Waals surface area contributed by atoms with E-state index in [2.05, 4.69) is 106 Å². The third-order valence-electron chi connectivity index (χ3n) is 5.07. The topological polar surface area (TPSA) is 11.3 Å². The number of hydrogen-bond donors (Lipinski definition) is 0. The van der Waals surface area contributed by atoms with Crippen molar-refractivity contribution in [3.8, 4) is 33.8 Å². The summed E-state index contributed by atoms with van der Waals surface area (Å²) in [7, 11) is -6.00. The predicted octanol–water partition coefficient (Wildman–Crippen LogP) is 8.79. The van der Waals surface area contributed by atoms with Crippen LogP contribution in [0.2, 0.25) is 0 Å². The molecule has 0 unspecified atom stereocenters. The molecule has 0 fully saturated rings. The Hall–Kier alpha value is -3.41. The van der Waals surface area contributed by atoms with Gasteiger partial charge in [-0.3, -0.25) is 0 Å². The van der Waals surface area contributed by atoms with Crippen molar-refractivity contribution in [3.05, 3.63) is 102 Å². The average Bonchev–Trinajstić information content (AvgIpc) is 2.73. The molecule has 1 heterocycles. The number of hydrogen-bond acceptors (Lipinski definition) is 0. The van der Waals surface area contributed by atoms with Crippen LogP contribution in [0.15, 0.2) is 89.3 Å². The molecule has 164 valence electrons. The Bertz CT molecular complexity index is 1060. The zero-order valence-corrected chi connectivity index (χ0v) is 18.1. The highest BCUT2D eigenvalue weighted by Crippen LogP contribution is 2.35. The maximum absolute atomic E-state index is 9.75. The summed E-state index contributed by atoms with van der Waals surface area (Å²) < 4.78 is 45.4. The van der Waals surface area contributed by atoms with Crippen molar-refractivity contribution >= 4 is 7.25 Å². The van der Waals surface area contributed by atoms with Crippen LogP contribution in [0, 0.1) is 20.8 Å². The summed E-state index contributed by atoms with van der Waals surface area (Å²) in [6.45, 7) is 6.40. The van der Waals surface area contributed by atoms with E-state index < -0.39 is 7.25 Å². The van der Waals surface area contributed by atoms with Gasteiger partial charge in [-0.05, 0) is 55.2 Å². The molecule has 0 saturated heterocycles. The Kier molecular flexibility index (Phi) is 7.13. The van der Waals surface area contributed by atoms with Gasteiger partial charge in [0.1, 0.15) is 0 Å². The molecular weight excluding hydrogens is 415 g/mol. The molecule has 0 bridgehead atoms. The zero-order valence-electron chi connectivity index (χ0n) is 18.1. The first-order valence-electron chi connectivity index (χ1n) is 10.2. The van der Waals surface area contributed by atoms with Crippen LogP contribution in [-0.2, 0) is 0 Å².